The van der Waals surface area contributed by atoms with Gasteiger partial charge in [-0.05, 0) is 24.6 Å². The lowest BCUT2D eigenvalue weighted by atomic mass is 10.2. The normalized spacial score (nSPS) is 12.7. The fourth-order valence-corrected chi connectivity index (χ4v) is 3.67. The Morgan fingerprint density at radius 3 is 2.50 bits per heavy atom. The Morgan fingerprint density at radius 2 is 2.00 bits per heavy atom. The number of hydrogen-bond acceptors (Lipinski definition) is 5. The van der Waals surface area contributed by atoms with E-state index in [0.29, 0.717) is 10.9 Å². The van der Waals surface area contributed by atoms with E-state index < -0.39 is 28.0 Å². The molecule has 0 aliphatic carbocycles. The first kappa shape index (κ1) is 18.6. The second kappa shape index (κ2) is 7.70. The van der Waals surface area contributed by atoms with Crippen LogP contribution in [-0.4, -0.2) is 38.6 Å². The number of carbonyl (C=O) groups is 2. The number of nitrogens with one attached hydrogen (secondary N) is 1. The van der Waals surface area contributed by atoms with Crippen molar-refractivity contribution in [3.05, 3.63) is 28.2 Å². The topological polar surface area (TPSA) is 110 Å². The zero-order valence-corrected chi connectivity index (χ0v) is 14.4. The van der Waals surface area contributed by atoms with E-state index in [9.17, 15) is 18.0 Å². The van der Waals surface area contributed by atoms with E-state index in [0.717, 1.165) is 6.07 Å². The minimum atomic E-state index is -4.08. The lowest BCUT2D eigenvalue weighted by Gasteiger charge is -2.14. The lowest BCUT2D eigenvalue weighted by Crippen LogP contribution is -2.40. The minimum Gasteiger partial charge on any atom is -0.480 e. The average molecular weight is 394 g/mol. The number of aliphatic carboxylic acids is 1. The first-order valence-electron chi connectivity index (χ1n) is 6.35. The zero-order valence-electron chi connectivity index (χ0n) is 12.0. The number of hydrogen-bond donors (Lipinski definition) is 2. The molecule has 122 valence electrons. The Hall–Kier alpha value is -1.45. The highest BCUT2D eigenvalue weighted by molar-refractivity contribution is 9.10. The fourth-order valence-electron chi connectivity index (χ4n) is 1.73. The Labute approximate surface area is 136 Å². The molecule has 0 amide bonds. The molecule has 1 atom stereocenters. The molecule has 0 radical (unpaired) electrons. The van der Waals surface area contributed by atoms with Crippen molar-refractivity contribution in [1.29, 1.82) is 0 Å². The number of benzene rings is 1. The number of ether oxygens (including phenoxy) is 1. The highest BCUT2D eigenvalue weighted by atomic mass is 79.9. The van der Waals surface area contributed by atoms with Crippen molar-refractivity contribution in [1.82, 2.24) is 4.72 Å². The molecular formula is C13H16BrNO6S. The van der Waals surface area contributed by atoms with Crippen LogP contribution in [0.2, 0.25) is 0 Å². The van der Waals surface area contributed by atoms with E-state index in [-0.39, 0.29) is 16.9 Å². The molecule has 1 aromatic rings. The van der Waals surface area contributed by atoms with Gasteiger partial charge < -0.3 is 9.84 Å². The molecule has 1 aromatic carbocycles. The smallest absolute Gasteiger partial charge is 0.337 e. The lowest BCUT2D eigenvalue weighted by molar-refractivity contribution is -0.139. The van der Waals surface area contributed by atoms with E-state index in [2.05, 4.69) is 25.4 Å². The van der Waals surface area contributed by atoms with Gasteiger partial charge in [-0.25, -0.2) is 13.2 Å². The fraction of sp³-hybridized carbons (Fsp3) is 0.385. The standard InChI is InChI=1S/C13H16BrNO6S/c1-3-4-11(12(16)17)15-22(19,20)10-6-8(13(18)21-2)5-9(14)7-10/h5-7,11,15H,3-4H2,1-2H3,(H,16,17). The quantitative estimate of drug-likeness (QED) is 0.683. The van der Waals surface area contributed by atoms with Crippen LogP contribution in [0.1, 0.15) is 30.1 Å². The Morgan fingerprint density at radius 1 is 1.36 bits per heavy atom. The molecule has 2 N–H and O–H groups in total. The predicted octanol–water partition coefficient (Wildman–Crippen LogP) is 1.77. The van der Waals surface area contributed by atoms with Crippen molar-refractivity contribution < 1.29 is 27.9 Å². The molecule has 0 heterocycles. The first-order valence-corrected chi connectivity index (χ1v) is 8.63. The summed E-state index contributed by atoms with van der Waals surface area (Å²) >= 11 is 3.11. The van der Waals surface area contributed by atoms with Gasteiger partial charge in [-0.3, -0.25) is 4.79 Å². The van der Waals surface area contributed by atoms with Gasteiger partial charge in [0, 0.05) is 4.47 Å². The number of sulfonamides is 1. The molecule has 7 nitrogen and oxygen atoms in total. The summed E-state index contributed by atoms with van der Waals surface area (Å²) in [6.07, 6.45) is 0.664. The molecule has 0 saturated carbocycles. The molecule has 1 unspecified atom stereocenters. The summed E-state index contributed by atoms with van der Waals surface area (Å²) < 4.78 is 31.6. The Bertz CT molecular complexity index is 673. The molecule has 0 spiro atoms. The zero-order chi connectivity index (χ0) is 16.9. The molecule has 0 aliphatic heterocycles. The number of rotatable bonds is 7. The highest BCUT2D eigenvalue weighted by Crippen LogP contribution is 2.20. The summed E-state index contributed by atoms with van der Waals surface area (Å²) in [5, 5.41) is 9.04. The van der Waals surface area contributed by atoms with Gasteiger partial charge in [-0.2, -0.15) is 4.72 Å². The van der Waals surface area contributed by atoms with Crippen LogP contribution in [0, 0.1) is 0 Å². The molecule has 22 heavy (non-hydrogen) atoms. The second-order valence-corrected chi connectivity index (χ2v) is 7.10. The van der Waals surface area contributed by atoms with Crippen molar-refractivity contribution in [2.24, 2.45) is 0 Å². The highest BCUT2D eigenvalue weighted by Gasteiger charge is 2.25. The van der Waals surface area contributed by atoms with E-state index in [1.165, 1.54) is 19.2 Å². The molecule has 0 saturated heterocycles. The minimum absolute atomic E-state index is 0.0413. The van der Waals surface area contributed by atoms with Crippen LogP contribution in [-0.2, 0) is 19.6 Å². The third kappa shape index (κ3) is 4.79. The van der Waals surface area contributed by atoms with Crippen LogP contribution < -0.4 is 4.72 Å². The number of carboxylic acid groups (broad SMARTS) is 1. The molecule has 1 rings (SSSR count). The number of esters is 1. The van der Waals surface area contributed by atoms with Gasteiger partial charge in [0.05, 0.1) is 17.6 Å². The molecule has 9 heteroatoms. The first-order chi connectivity index (χ1) is 10.2. The molecule has 0 aromatic heterocycles. The van der Waals surface area contributed by atoms with Gasteiger partial charge in [0.15, 0.2) is 0 Å². The van der Waals surface area contributed by atoms with Crippen LogP contribution in [0.25, 0.3) is 0 Å². The molecule has 0 fully saturated rings. The second-order valence-electron chi connectivity index (χ2n) is 4.47. The van der Waals surface area contributed by atoms with Gasteiger partial charge in [-0.1, -0.05) is 29.3 Å². The van der Waals surface area contributed by atoms with Gasteiger partial charge in [0.2, 0.25) is 10.0 Å². The molecular weight excluding hydrogens is 378 g/mol. The van der Waals surface area contributed by atoms with Crippen molar-refractivity contribution in [3.8, 4) is 0 Å². The molecule has 0 bridgehead atoms. The van der Waals surface area contributed by atoms with Crippen molar-refractivity contribution >= 4 is 37.9 Å². The van der Waals surface area contributed by atoms with Crippen LogP contribution >= 0.6 is 15.9 Å². The SMILES string of the molecule is CCCC(NS(=O)(=O)c1cc(Br)cc(C(=O)OC)c1)C(=O)O. The van der Waals surface area contributed by atoms with Crippen LogP contribution in [0.3, 0.4) is 0 Å². The van der Waals surface area contributed by atoms with Crippen molar-refractivity contribution in [2.45, 2.75) is 30.7 Å². The van der Waals surface area contributed by atoms with Crippen molar-refractivity contribution in [3.63, 3.8) is 0 Å². The largest absolute Gasteiger partial charge is 0.480 e. The average Bonchev–Trinajstić information content (AvgIpc) is 2.45. The molecule has 0 aliphatic rings. The summed E-state index contributed by atoms with van der Waals surface area (Å²) in [7, 11) is -2.90. The van der Waals surface area contributed by atoms with Crippen LogP contribution in [0.5, 0.6) is 0 Å². The van der Waals surface area contributed by atoms with E-state index in [4.69, 9.17) is 5.11 Å². The van der Waals surface area contributed by atoms with Gasteiger partial charge in [-0.15, -0.1) is 0 Å². The maximum absolute atomic E-state index is 12.3. The van der Waals surface area contributed by atoms with Crippen LogP contribution in [0.4, 0.5) is 0 Å². The monoisotopic (exact) mass is 393 g/mol. The van der Waals surface area contributed by atoms with E-state index >= 15 is 0 Å². The summed E-state index contributed by atoms with van der Waals surface area (Å²) in [4.78, 5) is 22.4. The van der Waals surface area contributed by atoms with Gasteiger partial charge >= 0.3 is 11.9 Å². The number of methoxy groups -OCH3 is 1. The maximum atomic E-state index is 12.3. The van der Waals surface area contributed by atoms with Gasteiger partial charge in [0.25, 0.3) is 0 Å². The van der Waals surface area contributed by atoms with Crippen LogP contribution in [0.15, 0.2) is 27.6 Å². The van der Waals surface area contributed by atoms with Gasteiger partial charge in [0.1, 0.15) is 6.04 Å². The van der Waals surface area contributed by atoms with E-state index in [1.807, 2.05) is 0 Å². The summed E-state index contributed by atoms with van der Waals surface area (Å²) in [5.41, 5.74) is 0.0413. The third-order valence-electron chi connectivity index (χ3n) is 2.78. The third-order valence-corrected chi connectivity index (χ3v) is 4.68. The Balaban J connectivity index is 3.19. The number of halogens is 1. The summed E-state index contributed by atoms with van der Waals surface area (Å²) in [6.45, 7) is 1.75. The Kier molecular flexibility index (Phi) is 6.51. The predicted molar refractivity (Wildman–Crippen MR) is 82.1 cm³/mol. The summed E-state index contributed by atoms with van der Waals surface area (Å²) in [6, 6.07) is 2.59. The number of carboxylic acids is 1. The van der Waals surface area contributed by atoms with Crippen molar-refractivity contribution in [2.75, 3.05) is 7.11 Å². The number of carbonyl (C=O) groups excluding carboxylic acids is 1. The summed E-state index contributed by atoms with van der Waals surface area (Å²) in [5.74, 6) is -1.95. The van der Waals surface area contributed by atoms with E-state index in [1.54, 1.807) is 6.92 Å². The maximum Gasteiger partial charge on any atom is 0.337 e.